The monoisotopic (exact) mass is 273 g/mol. The summed E-state index contributed by atoms with van der Waals surface area (Å²) in [6.07, 6.45) is 3.49. The lowest BCUT2D eigenvalue weighted by Gasteiger charge is -2.32. The topological polar surface area (TPSA) is 40.5 Å². The Morgan fingerprint density at radius 3 is 2.65 bits per heavy atom. The van der Waals surface area contributed by atoms with Crippen LogP contribution < -0.4 is 0 Å². The van der Waals surface area contributed by atoms with Crippen LogP contribution in [0.15, 0.2) is 35.9 Å². The lowest BCUT2D eigenvalue weighted by Crippen LogP contribution is -2.37. The minimum Gasteiger partial charge on any atom is -0.508 e. The Morgan fingerprint density at radius 1 is 1.35 bits per heavy atom. The highest BCUT2D eigenvalue weighted by atomic mass is 16.3. The number of hydrogen-bond donors (Lipinski definition) is 1. The van der Waals surface area contributed by atoms with Crippen molar-refractivity contribution in [3.63, 3.8) is 0 Å². The number of phenols is 1. The Hall–Kier alpha value is -1.77. The van der Waals surface area contributed by atoms with Gasteiger partial charge in [0.05, 0.1) is 6.42 Å². The van der Waals surface area contributed by atoms with E-state index in [1.54, 1.807) is 18.2 Å². The summed E-state index contributed by atoms with van der Waals surface area (Å²) in [5.41, 5.74) is 2.49. The molecular formula is C17H23NO2. The van der Waals surface area contributed by atoms with Gasteiger partial charge < -0.3 is 10.0 Å². The molecule has 0 aliphatic carbocycles. The van der Waals surface area contributed by atoms with E-state index in [9.17, 15) is 9.90 Å². The van der Waals surface area contributed by atoms with Crippen LogP contribution in [0.25, 0.3) is 0 Å². The second-order valence-electron chi connectivity index (χ2n) is 6.42. The van der Waals surface area contributed by atoms with Crippen molar-refractivity contribution in [2.75, 3.05) is 13.1 Å². The summed E-state index contributed by atoms with van der Waals surface area (Å²) >= 11 is 0. The van der Waals surface area contributed by atoms with Gasteiger partial charge in [-0.1, -0.05) is 44.6 Å². The molecule has 3 heteroatoms. The molecule has 0 radical (unpaired) electrons. The molecule has 3 nitrogen and oxygen atoms in total. The predicted octanol–water partition coefficient (Wildman–Crippen LogP) is 3.14. The average molecular weight is 273 g/mol. The minimum atomic E-state index is 0.125. The largest absolute Gasteiger partial charge is 0.508 e. The predicted molar refractivity (Wildman–Crippen MR) is 80.5 cm³/mol. The van der Waals surface area contributed by atoms with E-state index >= 15 is 0 Å². The van der Waals surface area contributed by atoms with Crippen molar-refractivity contribution in [3.05, 3.63) is 41.5 Å². The molecule has 1 aliphatic rings. The Bertz CT molecular complexity index is 526. The summed E-state index contributed by atoms with van der Waals surface area (Å²) in [5.74, 6) is 0.337. The summed E-state index contributed by atoms with van der Waals surface area (Å²) in [6, 6.07) is 6.91. The highest BCUT2D eigenvalue weighted by molar-refractivity contribution is 5.79. The van der Waals surface area contributed by atoms with Gasteiger partial charge in [-0.05, 0) is 29.5 Å². The van der Waals surface area contributed by atoms with Gasteiger partial charge in [0, 0.05) is 13.1 Å². The van der Waals surface area contributed by atoms with Crippen LogP contribution in [0, 0.1) is 5.41 Å². The summed E-state index contributed by atoms with van der Waals surface area (Å²) < 4.78 is 0. The molecule has 0 spiro atoms. The molecule has 0 bridgehead atoms. The van der Waals surface area contributed by atoms with Crippen molar-refractivity contribution in [2.45, 2.75) is 33.6 Å². The number of phenolic OH excluding ortho intramolecular Hbond substituents is 1. The Labute approximate surface area is 120 Å². The van der Waals surface area contributed by atoms with Gasteiger partial charge in [0.1, 0.15) is 5.75 Å². The van der Waals surface area contributed by atoms with Crippen molar-refractivity contribution in [2.24, 2.45) is 5.41 Å². The maximum absolute atomic E-state index is 12.3. The number of hydrogen-bond acceptors (Lipinski definition) is 2. The second-order valence-corrected chi connectivity index (χ2v) is 6.42. The van der Waals surface area contributed by atoms with E-state index in [4.69, 9.17) is 0 Å². The maximum atomic E-state index is 12.3. The van der Waals surface area contributed by atoms with Crippen LogP contribution in [0.3, 0.4) is 0 Å². The first-order valence-electron chi connectivity index (χ1n) is 7.11. The van der Waals surface area contributed by atoms with Crippen molar-refractivity contribution in [3.8, 4) is 5.75 Å². The van der Waals surface area contributed by atoms with Gasteiger partial charge in [-0.2, -0.15) is 0 Å². The molecule has 0 saturated carbocycles. The van der Waals surface area contributed by atoms with Gasteiger partial charge in [-0.25, -0.2) is 0 Å². The average Bonchev–Trinajstić information content (AvgIpc) is 2.38. The minimum absolute atomic E-state index is 0.125. The van der Waals surface area contributed by atoms with Crippen molar-refractivity contribution < 1.29 is 9.90 Å². The molecule has 1 heterocycles. The van der Waals surface area contributed by atoms with Crippen LogP contribution in [-0.4, -0.2) is 29.0 Å². The lowest BCUT2D eigenvalue weighted by atomic mass is 9.83. The fourth-order valence-electron chi connectivity index (χ4n) is 2.53. The Morgan fingerprint density at radius 2 is 2.10 bits per heavy atom. The molecule has 1 amide bonds. The SMILES string of the molecule is CC(C)(C)C1=CCN(C(=O)Cc2cccc(O)c2)CC1. The maximum Gasteiger partial charge on any atom is 0.227 e. The van der Waals surface area contributed by atoms with E-state index < -0.39 is 0 Å². The molecule has 1 N–H and O–H groups in total. The van der Waals surface area contributed by atoms with Gasteiger partial charge >= 0.3 is 0 Å². The molecule has 0 unspecified atom stereocenters. The van der Waals surface area contributed by atoms with Gasteiger partial charge in [-0.3, -0.25) is 4.79 Å². The number of nitrogens with zero attached hydrogens (tertiary/aromatic N) is 1. The summed E-state index contributed by atoms with van der Waals surface area (Å²) in [6.45, 7) is 8.13. The lowest BCUT2D eigenvalue weighted by molar-refractivity contribution is -0.130. The normalized spacial score (nSPS) is 15.9. The molecule has 0 atom stereocenters. The fraction of sp³-hybridized carbons (Fsp3) is 0.471. The first kappa shape index (κ1) is 14.6. The third-order valence-corrected chi connectivity index (χ3v) is 3.79. The molecule has 1 aromatic carbocycles. The molecule has 0 aromatic heterocycles. The second kappa shape index (κ2) is 5.70. The number of carbonyl (C=O) groups is 1. The van der Waals surface area contributed by atoms with Gasteiger partial charge in [0.2, 0.25) is 5.91 Å². The first-order valence-corrected chi connectivity index (χ1v) is 7.11. The first-order chi connectivity index (χ1) is 9.36. The molecule has 0 fully saturated rings. The zero-order valence-electron chi connectivity index (χ0n) is 12.5. The van der Waals surface area contributed by atoms with E-state index in [0.717, 1.165) is 18.5 Å². The summed E-state index contributed by atoms with van der Waals surface area (Å²) in [4.78, 5) is 14.1. The number of aromatic hydroxyl groups is 1. The molecule has 2 rings (SSSR count). The van der Waals surface area contributed by atoms with E-state index in [0.29, 0.717) is 13.0 Å². The van der Waals surface area contributed by atoms with Crippen LogP contribution in [-0.2, 0) is 11.2 Å². The number of carbonyl (C=O) groups excluding carboxylic acids is 1. The molecule has 20 heavy (non-hydrogen) atoms. The third kappa shape index (κ3) is 3.62. The van der Waals surface area contributed by atoms with Crippen molar-refractivity contribution in [1.29, 1.82) is 0 Å². The van der Waals surface area contributed by atoms with E-state index in [1.165, 1.54) is 5.57 Å². The molecular weight excluding hydrogens is 250 g/mol. The number of amides is 1. The standard InChI is InChI=1S/C17H23NO2/c1-17(2,3)14-7-9-18(10-8-14)16(20)12-13-5-4-6-15(19)11-13/h4-7,11,19H,8-10,12H2,1-3H3. The highest BCUT2D eigenvalue weighted by Crippen LogP contribution is 2.30. The fourth-order valence-corrected chi connectivity index (χ4v) is 2.53. The van der Waals surface area contributed by atoms with E-state index in [-0.39, 0.29) is 17.1 Å². The van der Waals surface area contributed by atoms with Gasteiger partial charge in [0.25, 0.3) is 0 Å². The van der Waals surface area contributed by atoms with Crippen LogP contribution in [0.1, 0.15) is 32.8 Å². The third-order valence-electron chi connectivity index (χ3n) is 3.79. The van der Waals surface area contributed by atoms with Crippen LogP contribution >= 0.6 is 0 Å². The van der Waals surface area contributed by atoms with Crippen LogP contribution in [0.5, 0.6) is 5.75 Å². The van der Waals surface area contributed by atoms with Gasteiger partial charge in [0.15, 0.2) is 0 Å². The van der Waals surface area contributed by atoms with Crippen LogP contribution in [0.4, 0.5) is 0 Å². The number of rotatable bonds is 2. The molecule has 108 valence electrons. The van der Waals surface area contributed by atoms with E-state index in [1.807, 2.05) is 11.0 Å². The van der Waals surface area contributed by atoms with Gasteiger partial charge in [-0.15, -0.1) is 0 Å². The van der Waals surface area contributed by atoms with Crippen molar-refractivity contribution >= 4 is 5.91 Å². The van der Waals surface area contributed by atoms with Crippen molar-refractivity contribution in [1.82, 2.24) is 4.90 Å². The zero-order valence-corrected chi connectivity index (χ0v) is 12.5. The highest BCUT2D eigenvalue weighted by Gasteiger charge is 2.23. The Balaban J connectivity index is 1.97. The molecule has 0 saturated heterocycles. The van der Waals surface area contributed by atoms with Crippen LogP contribution in [0.2, 0.25) is 0 Å². The molecule has 1 aliphatic heterocycles. The Kier molecular flexibility index (Phi) is 4.17. The quantitative estimate of drug-likeness (QED) is 0.841. The summed E-state index contributed by atoms with van der Waals surface area (Å²) in [7, 11) is 0. The zero-order chi connectivity index (χ0) is 14.8. The smallest absolute Gasteiger partial charge is 0.227 e. The van der Waals surface area contributed by atoms with E-state index in [2.05, 4.69) is 26.8 Å². The number of benzene rings is 1. The summed E-state index contributed by atoms with van der Waals surface area (Å²) in [5, 5.41) is 9.43. The molecule has 1 aromatic rings.